The highest BCUT2D eigenvalue weighted by Gasteiger charge is 2.22. The molecule has 0 spiro atoms. The number of rotatable bonds is 2. The van der Waals surface area contributed by atoms with Crippen LogP contribution in [0.25, 0.3) is 21.6 Å². The van der Waals surface area contributed by atoms with E-state index >= 15 is 0 Å². The molecule has 25 heavy (non-hydrogen) atoms. The zero-order valence-electron chi connectivity index (χ0n) is 14.2. The molecule has 1 aliphatic heterocycles. The Balaban J connectivity index is 1.94. The Labute approximate surface area is 150 Å². The van der Waals surface area contributed by atoms with Gasteiger partial charge in [-0.2, -0.15) is 5.26 Å². The van der Waals surface area contributed by atoms with Gasteiger partial charge in [-0.25, -0.2) is 9.97 Å². The molecule has 0 saturated carbocycles. The highest BCUT2D eigenvalue weighted by Crippen LogP contribution is 2.37. The molecule has 5 nitrogen and oxygen atoms in total. The summed E-state index contributed by atoms with van der Waals surface area (Å²) in [7, 11) is 0. The van der Waals surface area contributed by atoms with Crippen molar-refractivity contribution >= 4 is 27.4 Å². The third-order valence-electron chi connectivity index (χ3n) is 4.49. The Morgan fingerprint density at radius 2 is 1.84 bits per heavy atom. The topological polar surface area (TPSA) is 62.0 Å². The number of hydrogen-bond acceptors (Lipinski definition) is 6. The van der Waals surface area contributed by atoms with Gasteiger partial charge in [-0.05, 0) is 19.4 Å². The molecule has 0 atom stereocenters. The molecule has 0 aliphatic carbocycles. The number of morpholine rings is 1. The molecule has 4 rings (SSSR count). The van der Waals surface area contributed by atoms with Gasteiger partial charge in [-0.1, -0.05) is 29.8 Å². The van der Waals surface area contributed by atoms with Crippen LogP contribution in [-0.4, -0.2) is 36.3 Å². The van der Waals surface area contributed by atoms with Crippen molar-refractivity contribution in [2.24, 2.45) is 0 Å². The second-order valence-electron chi connectivity index (χ2n) is 6.18. The second-order valence-corrected chi connectivity index (χ2v) is 7.18. The van der Waals surface area contributed by atoms with Crippen molar-refractivity contribution in [3.05, 3.63) is 40.3 Å². The average Bonchev–Trinajstić information content (AvgIpc) is 2.98. The summed E-state index contributed by atoms with van der Waals surface area (Å²) >= 11 is 1.44. The molecule has 0 radical (unpaired) electrons. The lowest BCUT2D eigenvalue weighted by Gasteiger charge is -2.28. The molecule has 3 heterocycles. The summed E-state index contributed by atoms with van der Waals surface area (Å²) in [4.78, 5) is 13.5. The zero-order valence-corrected chi connectivity index (χ0v) is 15.1. The van der Waals surface area contributed by atoms with Crippen LogP contribution in [0.15, 0.2) is 24.3 Å². The van der Waals surface area contributed by atoms with Gasteiger partial charge in [-0.3, -0.25) is 0 Å². The lowest BCUT2D eigenvalue weighted by atomic mass is 10.1. The molecule has 1 aromatic carbocycles. The maximum absolute atomic E-state index is 9.42. The number of fused-ring (bicyclic) bond motifs is 1. The van der Waals surface area contributed by atoms with Crippen LogP contribution in [0.3, 0.4) is 0 Å². The number of benzene rings is 1. The van der Waals surface area contributed by atoms with E-state index in [0.717, 1.165) is 40.3 Å². The number of ether oxygens (including phenoxy) is 1. The Morgan fingerprint density at radius 1 is 1.12 bits per heavy atom. The van der Waals surface area contributed by atoms with E-state index in [1.807, 2.05) is 19.1 Å². The van der Waals surface area contributed by atoms with Gasteiger partial charge in [0, 0.05) is 18.7 Å². The van der Waals surface area contributed by atoms with E-state index in [2.05, 4.69) is 30.0 Å². The van der Waals surface area contributed by atoms with E-state index in [1.54, 1.807) is 0 Å². The third-order valence-corrected chi connectivity index (χ3v) is 5.58. The molecule has 126 valence electrons. The number of hydrogen-bond donors (Lipinski definition) is 0. The Kier molecular flexibility index (Phi) is 4.12. The number of nitriles is 1. The van der Waals surface area contributed by atoms with Gasteiger partial charge in [0.1, 0.15) is 21.6 Å². The predicted octanol–water partition coefficient (Wildman–Crippen LogP) is 3.68. The molecule has 0 bridgehead atoms. The van der Waals surface area contributed by atoms with Crippen molar-refractivity contribution in [2.45, 2.75) is 13.8 Å². The van der Waals surface area contributed by atoms with Crippen LogP contribution in [0.2, 0.25) is 0 Å². The normalized spacial score (nSPS) is 14.7. The summed E-state index contributed by atoms with van der Waals surface area (Å²) in [6.45, 7) is 7.04. The smallest absolute Gasteiger partial charge is 0.163 e. The number of thiophene rings is 1. The van der Waals surface area contributed by atoms with Crippen molar-refractivity contribution in [1.82, 2.24) is 9.97 Å². The van der Waals surface area contributed by atoms with Crippen molar-refractivity contribution in [1.29, 1.82) is 5.26 Å². The molecule has 1 fully saturated rings. The van der Waals surface area contributed by atoms with E-state index in [1.165, 1.54) is 16.9 Å². The minimum Gasteiger partial charge on any atom is -0.378 e. The fourth-order valence-electron chi connectivity index (χ4n) is 3.06. The highest BCUT2D eigenvalue weighted by atomic mass is 32.1. The van der Waals surface area contributed by atoms with Crippen LogP contribution in [-0.2, 0) is 4.74 Å². The standard InChI is InChI=1S/C19H18N4OS/c1-12-3-5-14(6-4-12)17-21-18(23-7-9-24-10-8-23)16-13(2)15(11-20)25-19(16)22-17/h3-6H,7-10H2,1-2H3. The fraction of sp³-hybridized carbons (Fsp3) is 0.316. The monoisotopic (exact) mass is 350 g/mol. The molecule has 0 N–H and O–H groups in total. The molecule has 6 heteroatoms. The van der Waals surface area contributed by atoms with E-state index in [9.17, 15) is 5.26 Å². The molecule has 1 saturated heterocycles. The highest BCUT2D eigenvalue weighted by molar-refractivity contribution is 7.19. The van der Waals surface area contributed by atoms with Gasteiger partial charge in [0.05, 0.1) is 18.6 Å². The molecular formula is C19H18N4OS. The van der Waals surface area contributed by atoms with Gasteiger partial charge in [0.2, 0.25) is 0 Å². The maximum Gasteiger partial charge on any atom is 0.163 e. The maximum atomic E-state index is 9.42. The van der Waals surface area contributed by atoms with Crippen molar-refractivity contribution in [3.8, 4) is 17.5 Å². The zero-order chi connectivity index (χ0) is 17.4. The van der Waals surface area contributed by atoms with Gasteiger partial charge in [0.25, 0.3) is 0 Å². The van der Waals surface area contributed by atoms with Crippen LogP contribution >= 0.6 is 11.3 Å². The van der Waals surface area contributed by atoms with E-state index < -0.39 is 0 Å². The molecule has 1 aliphatic rings. The van der Waals surface area contributed by atoms with Crippen molar-refractivity contribution in [3.63, 3.8) is 0 Å². The van der Waals surface area contributed by atoms with Gasteiger partial charge >= 0.3 is 0 Å². The molecule has 0 unspecified atom stereocenters. The predicted molar refractivity (Wildman–Crippen MR) is 100 cm³/mol. The number of anilines is 1. The van der Waals surface area contributed by atoms with Crippen LogP contribution in [0.5, 0.6) is 0 Å². The first-order valence-corrected chi connectivity index (χ1v) is 9.10. The summed E-state index contributed by atoms with van der Waals surface area (Å²) in [6.07, 6.45) is 0. The summed E-state index contributed by atoms with van der Waals surface area (Å²) < 4.78 is 5.48. The Morgan fingerprint density at radius 3 is 2.52 bits per heavy atom. The van der Waals surface area contributed by atoms with Crippen molar-refractivity contribution < 1.29 is 4.74 Å². The molecule has 2 aromatic heterocycles. The minimum absolute atomic E-state index is 0.694. The number of aryl methyl sites for hydroxylation is 2. The van der Waals surface area contributed by atoms with E-state index in [-0.39, 0.29) is 0 Å². The van der Waals surface area contributed by atoms with Crippen LogP contribution in [0.1, 0.15) is 16.0 Å². The van der Waals surface area contributed by atoms with E-state index in [0.29, 0.717) is 23.9 Å². The minimum atomic E-state index is 0.694. The lowest BCUT2D eigenvalue weighted by molar-refractivity contribution is 0.122. The van der Waals surface area contributed by atoms with E-state index in [4.69, 9.17) is 14.7 Å². The van der Waals surface area contributed by atoms with Gasteiger partial charge in [-0.15, -0.1) is 11.3 Å². The second kappa shape index (κ2) is 6.43. The number of nitrogens with zero attached hydrogens (tertiary/aromatic N) is 4. The van der Waals surface area contributed by atoms with Crippen LogP contribution in [0, 0.1) is 25.2 Å². The lowest BCUT2D eigenvalue weighted by Crippen LogP contribution is -2.37. The third kappa shape index (κ3) is 2.86. The van der Waals surface area contributed by atoms with Gasteiger partial charge in [0.15, 0.2) is 5.82 Å². The summed E-state index contributed by atoms with van der Waals surface area (Å²) in [5.41, 5.74) is 3.17. The first-order valence-electron chi connectivity index (χ1n) is 8.28. The molecule has 0 amide bonds. The number of aromatic nitrogens is 2. The summed E-state index contributed by atoms with van der Waals surface area (Å²) in [5, 5.41) is 10.4. The SMILES string of the molecule is Cc1ccc(-c2nc(N3CCOCC3)c3c(C)c(C#N)sc3n2)cc1. The van der Waals surface area contributed by atoms with Crippen LogP contribution in [0.4, 0.5) is 5.82 Å². The van der Waals surface area contributed by atoms with Gasteiger partial charge < -0.3 is 9.64 Å². The quantitative estimate of drug-likeness (QED) is 0.705. The molecule has 3 aromatic rings. The average molecular weight is 350 g/mol. The first kappa shape index (κ1) is 16.0. The Bertz CT molecular complexity index is 966. The van der Waals surface area contributed by atoms with Crippen molar-refractivity contribution in [2.75, 3.05) is 31.2 Å². The summed E-state index contributed by atoms with van der Waals surface area (Å²) in [6, 6.07) is 10.5. The fourth-order valence-corrected chi connectivity index (χ4v) is 4.03. The Hall–Kier alpha value is -2.49. The molecular weight excluding hydrogens is 332 g/mol. The first-order chi connectivity index (χ1) is 12.2. The largest absolute Gasteiger partial charge is 0.378 e. The summed E-state index contributed by atoms with van der Waals surface area (Å²) in [5.74, 6) is 1.62. The van der Waals surface area contributed by atoms with Crippen LogP contribution < -0.4 is 4.90 Å².